The number of esters is 1. The standard InChI is InChI=1S/C72H141NO5/c1-3-5-7-9-11-13-15-17-18-19-36-39-42-46-50-54-58-62-66-72(77)78-67-63-59-55-51-47-43-40-37-34-32-30-28-26-24-22-20-21-23-25-27-29-31-33-35-38-41-45-49-53-57-61-65-71(76)73-69(68-74)70(75)64-60-56-52-48-44-16-14-12-10-8-6-4-2/h18-19,69-70,74-75H,3-17,20-68H2,1-2H3,(H,73,76)/b19-18-. The van der Waals surface area contributed by atoms with Gasteiger partial charge in [-0.1, -0.05) is 360 Å². The smallest absolute Gasteiger partial charge is 0.305 e. The highest BCUT2D eigenvalue weighted by Gasteiger charge is 2.20. The van der Waals surface area contributed by atoms with E-state index in [0.717, 1.165) is 38.5 Å². The molecule has 0 heterocycles. The summed E-state index contributed by atoms with van der Waals surface area (Å²) >= 11 is 0. The Hall–Kier alpha value is -1.40. The molecule has 6 heteroatoms. The van der Waals surface area contributed by atoms with E-state index < -0.39 is 12.1 Å². The van der Waals surface area contributed by atoms with Crippen molar-refractivity contribution in [1.29, 1.82) is 0 Å². The molecule has 0 spiro atoms. The molecule has 2 unspecified atom stereocenters. The van der Waals surface area contributed by atoms with Crippen molar-refractivity contribution in [3.8, 4) is 0 Å². The lowest BCUT2D eigenvalue weighted by molar-refractivity contribution is -0.143. The van der Waals surface area contributed by atoms with Gasteiger partial charge in [0.05, 0.1) is 25.4 Å². The van der Waals surface area contributed by atoms with E-state index in [1.54, 1.807) is 0 Å². The van der Waals surface area contributed by atoms with Crippen LogP contribution in [-0.4, -0.2) is 47.4 Å². The molecular formula is C72H141NO5. The van der Waals surface area contributed by atoms with Gasteiger partial charge in [-0.05, 0) is 51.4 Å². The first kappa shape index (κ1) is 76.6. The van der Waals surface area contributed by atoms with E-state index in [9.17, 15) is 19.8 Å². The minimum Gasteiger partial charge on any atom is -0.466 e. The third kappa shape index (κ3) is 63.8. The summed E-state index contributed by atoms with van der Waals surface area (Å²) in [6.07, 6.45) is 84.2. The number of amides is 1. The number of unbranched alkanes of at least 4 members (excludes halogenated alkanes) is 55. The summed E-state index contributed by atoms with van der Waals surface area (Å²) in [5.41, 5.74) is 0. The number of nitrogens with one attached hydrogen (secondary N) is 1. The van der Waals surface area contributed by atoms with Crippen molar-refractivity contribution in [3.63, 3.8) is 0 Å². The third-order valence-electron chi connectivity index (χ3n) is 17.1. The Kier molecular flexibility index (Phi) is 66.9. The second-order valence-electron chi connectivity index (χ2n) is 24.9. The number of hydrogen-bond acceptors (Lipinski definition) is 5. The third-order valence-corrected chi connectivity index (χ3v) is 17.1. The Morgan fingerprint density at radius 1 is 0.346 bits per heavy atom. The van der Waals surface area contributed by atoms with Gasteiger partial charge < -0.3 is 20.3 Å². The molecule has 0 fully saturated rings. The van der Waals surface area contributed by atoms with Crippen LogP contribution in [0.1, 0.15) is 412 Å². The predicted octanol–water partition coefficient (Wildman–Crippen LogP) is 23.1. The summed E-state index contributed by atoms with van der Waals surface area (Å²) < 4.78 is 5.51. The van der Waals surface area contributed by atoms with E-state index in [1.165, 1.54) is 340 Å². The average Bonchev–Trinajstić information content (AvgIpc) is 3.44. The molecule has 0 aromatic heterocycles. The van der Waals surface area contributed by atoms with Crippen LogP contribution >= 0.6 is 0 Å². The van der Waals surface area contributed by atoms with Crippen molar-refractivity contribution in [2.45, 2.75) is 424 Å². The number of carbonyl (C=O) groups excluding carboxylic acids is 2. The minimum atomic E-state index is -0.659. The van der Waals surface area contributed by atoms with Gasteiger partial charge in [0.1, 0.15) is 0 Å². The first-order chi connectivity index (χ1) is 38.5. The molecule has 464 valence electrons. The zero-order chi connectivity index (χ0) is 56.4. The number of aliphatic hydroxyl groups is 2. The van der Waals surface area contributed by atoms with E-state index in [-0.39, 0.29) is 18.5 Å². The maximum absolute atomic E-state index is 12.5. The number of carbonyl (C=O) groups is 2. The van der Waals surface area contributed by atoms with Crippen LogP contribution < -0.4 is 5.32 Å². The monoisotopic (exact) mass is 1100 g/mol. The van der Waals surface area contributed by atoms with Gasteiger partial charge in [0.15, 0.2) is 0 Å². The molecule has 0 radical (unpaired) electrons. The van der Waals surface area contributed by atoms with Crippen LogP contribution in [0.4, 0.5) is 0 Å². The summed E-state index contributed by atoms with van der Waals surface area (Å²) in [6.45, 7) is 4.98. The van der Waals surface area contributed by atoms with E-state index in [2.05, 4.69) is 31.3 Å². The highest BCUT2D eigenvalue weighted by Crippen LogP contribution is 2.19. The van der Waals surface area contributed by atoms with Crippen molar-refractivity contribution in [1.82, 2.24) is 5.32 Å². The lowest BCUT2D eigenvalue weighted by Gasteiger charge is -2.22. The fourth-order valence-corrected chi connectivity index (χ4v) is 11.6. The number of rotatable bonds is 68. The maximum Gasteiger partial charge on any atom is 0.305 e. The Morgan fingerprint density at radius 2 is 0.603 bits per heavy atom. The Morgan fingerprint density at radius 3 is 0.910 bits per heavy atom. The van der Waals surface area contributed by atoms with Gasteiger partial charge in [-0.25, -0.2) is 0 Å². The number of allylic oxidation sites excluding steroid dienone is 2. The topological polar surface area (TPSA) is 95.9 Å². The van der Waals surface area contributed by atoms with Crippen molar-refractivity contribution >= 4 is 11.9 Å². The first-order valence-electron chi connectivity index (χ1n) is 35.9. The molecule has 0 aromatic carbocycles. The molecule has 0 aliphatic heterocycles. The highest BCUT2D eigenvalue weighted by molar-refractivity contribution is 5.76. The predicted molar refractivity (Wildman–Crippen MR) is 343 cm³/mol. The van der Waals surface area contributed by atoms with Crippen LogP contribution in [-0.2, 0) is 14.3 Å². The largest absolute Gasteiger partial charge is 0.466 e. The fraction of sp³-hybridized carbons (Fsp3) is 0.944. The molecule has 0 bridgehead atoms. The highest BCUT2D eigenvalue weighted by atomic mass is 16.5. The molecule has 0 rings (SSSR count). The quantitative estimate of drug-likeness (QED) is 0.0320. The molecular weight excluding hydrogens is 959 g/mol. The van der Waals surface area contributed by atoms with Crippen molar-refractivity contribution in [2.75, 3.05) is 13.2 Å². The van der Waals surface area contributed by atoms with Gasteiger partial charge in [0.25, 0.3) is 0 Å². The molecule has 0 aromatic rings. The van der Waals surface area contributed by atoms with Gasteiger partial charge in [0, 0.05) is 12.8 Å². The molecule has 2 atom stereocenters. The Bertz CT molecular complexity index is 1180. The SMILES string of the molecule is CCCCCCCCC/C=C\CCCCCCCCCC(=O)OCCCCCCCCCCCCCCCCCCCCCCCCCCCCCCCCCC(=O)NC(CO)C(O)CCCCCCCCCCCCCC. The van der Waals surface area contributed by atoms with Crippen LogP contribution in [0.2, 0.25) is 0 Å². The van der Waals surface area contributed by atoms with Crippen molar-refractivity contribution < 1.29 is 24.5 Å². The summed E-state index contributed by atoms with van der Waals surface area (Å²) in [7, 11) is 0. The van der Waals surface area contributed by atoms with Gasteiger partial charge in [-0.15, -0.1) is 0 Å². The van der Waals surface area contributed by atoms with Crippen molar-refractivity contribution in [2.24, 2.45) is 0 Å². The van der Waals surface area contributed by atoms with E-state index in [1.807, 2.05) is 0 Å². The average molecular weight is 1100 g/mol. The second kappa shape index (κ2) is 68.1. The van der Waals surface area contributed by atoms with Gasteiger partial charge in [0.2, 0.25) is 5.91 Å². The van der Waals surface area contributed by atoms with Gasteiger partial charge in [-0.3, -0.25) is 9.59 Å². The summed E-state index contributed by atoms with van der Waals surface area (Å²) in [5, 5.41) is 23.3. The van der Waals surface area contributed by atoms with E-state index in [4.69, 9.17) is 4.74 Å². The summed E-state index contributed by atoms with van der Waals surface area (Å²) in [5.74, 6) is -0.0101. The molecule has 0 aliphatic carbocycles. The molecule has 0 saturated carbocycles. The fourth-order valence-electron chi connectivity index (χ4n) is 11.6. The zero-order valence-electron chi connectivity index (χ0n) is 53.2. The van der Waals surface area contributed by atoms with Crippen LogP contribution in [0.5, 0.6) is 0 Å². The molecule has 0 saturated heterocycles. The number of aliphatic hydroxyl groups excluding tert-OH is 2. The zero-order valence-corrected chi connectivity index (χ0v) is 53.2. The van der Waals surface area contributed by atoms with E-state index >= 15 is 0 Å². The lowest BCUT2D eigenvalue weighted by Crippen LogP contribution is -2.45. The molecule has 78 heavy (non-hydrogen) atoms. The van der Waals surface area contributed by atoms with Crippen LogP contribution in [0, 0.1) is 0 Å². The minimum absolute atomic E-state index is 0.0187. The molecule has 6 nitrogen and oxygen atoms in total. The summed E-state index contributed by atoms with van der Waals surface area (Å²) in [4.78, 5) is 24.6. The van der Waals surface area contributed by atoms with Gasteiger partial charge in [-0.2, -0.15) is 0 Å². The molecule has 3 N–H and O–H groups in total. The maximum atomic E-state index is 12.5. The van der Waals surface area contributed by atoms with Crippen LogP contribution in [0.25, 0.3) is 0 Å². The normalized spacial score (nSPS) is 12.5. The van der Waals surface area contributed by atoms with Gasteiger partial charge >= 0.3 is 5.97 Å². The van der Waals surface area contributed by atoms with Crippen LogP contribution in [0.3, 0.4) is 0 Å². The Balaban J connectivity index is 3.29. The first-order valence-corrected chi connectivity index (χ1v) is 35.9. The van der Waals surface area contributed by atoms with Crippen molar-refractivity contribution in [3.05, 3.63) is 12.2 Å². The second-order valence-corrected chi connectivity index (χ2v) is 24.9. The number of ether oxygens (including phenoxy) is 1. The number of hydrogen-bond donors (Lipinski definition) is 3. The van der Waals surface area contributed by atoms with Crippen LogP contribution in [0.15, 0.2) is 12.2 Å². The van der Waals surface area contributed by atoms with E-state index in [0.29, 0.717) is 25.9 Å². The molecule has 1 amide bonds. The lowest BCUT2D eigenvalue weighted by atomic mass is 10.0. The molecule has 0 aliphatic rings. The summed E-state index contributed by atoms with van der Waals surface area (Å²) in [6, 6.07) is -0.536. The Labute approximate surface area is 489 Å².